The summed E-state index contributed by atoms with van der Waals surface area (Å²) in [6, 6.07) is 6.92. The number of carbonyl (C=O) groups is 1. The molecule has 4 rings (SSSR count). The van der Waals surface area contributed by atoms with Crippen LogP contribution < -0.4 is 10.2 Å². The maximum atomic E-state index is 12.2. The minimum atomic E-state index is -0.0101. The Kier molecular flexibility index (Phi) is 6.14. The smallest absolute Gasteiger partial charge is 0.223 e. The molecule has 0 bridgehead atoms. The largest absolute Gasteiger partial charge is 0.395 e. The molecule has 1 aromatic carbocycles. The van der Waals surface area contributed by atoms with Crippen molar-refractivity contribution in [3.8, 4) is 11.3 Å². The average molecular weight is 442 g/mol. The minimum absolute atomic E-state index is 0.0101. The van der Waals surface area contributed by atoms with E-state index in [1.807, 2.05) is 0 Å². The monoisotopic (exact) mass is 441 g/mol. The van der Waals surface area contributed by atoms with Crippen LogP contribution in [0.1, 0.15) is 64.5 Å². The molecule has 168 valence electrons. The molecule has 2 N–H and O–H groups in total. The van der Waals surface area contributed by atoms with Gasteiger partial charge < -0.3 is 15.3 Å². The molecule has 31 heavy (non-hydrogen) atoms. The van der Waals surface area contributed by atoms with E-state index in [1.54, 1.807) is 11.3 Å². The highest BCUT2D eigenvalue weighted by atomic mass is 32.1. The van der Waals surface area contributed by atoms with Gasteiger partial charge in [0.05, 0.1) is 12.3 Å². The van der Waals surface area contributed by atoms with E-state index in [-0.39, 0.29) is 29.3 Å². The van der Waals surface area contributed by atoms with Crippen molar-refractivity contribution in [3.63, 3.8) is 0 Å². The Morgan fingerprint density at radius 1 is 1.16 bits per heavy atom. The number of carbonyl (C=O) groups excluding carboxylic acids is 1. The third-order valence-electron chi connectivity index (χ3n) is 7.19. The van der Waals surface area contributed by atoms with Gasteiger partial charge in [-0.1, -0.05) is 39.8 Å². The molecule has 1 saturated heterocycles. The molecule has 0 saturated carbocycles. The number of nitrogens with zero attached hydrogens (tertiary/aromatic N) is 2. The number of hydrogen-bond acceptors (Lipinski definition) is 5. The van der Waals surface area contributed by atoms with Gasteiger partial charge in [-0.25, -0.2) is 4.98 Å². The summed E-state index contributed by atoms with van der Waals surface area (Å²) in [6.45, 7) is 11.4. The number of aliphatic hydroxyl groups excluding tert-OH is 1. The minimum Gasteiger partial charge on any atom is -0.395 e. The topological polar surface area (TPSA) is 65.5 Å². The average Bonchev–Trinajstić information content (AvgIpc) is 3.25. The normalized spacial score (nSPS) is 20.4. The predicted octanol–water partition coefficient (Wildman–Crippen LogP) is 4.48. The van der Waals surface area contributed by atoms with Gasteiger partial charge in [0.15, 0.2) is 5.13 Å². The standard InChI is InChI=1S/C25H35N3O2S/c1-24(2)9-10-25(3,4)20-15-18(5-6-19(20)24)21-16-31-23(27-21)28-12-7-17(8-13-28)22(30)26-11-14-29/h5-6,15-17,29H,7-14H2,1-4H3,(H,26,30). The van der Waals surface area contributed by atoms with Crippen LogP contribution in [-0.2, 0) is 15.6 Å². The lowest BCUT2D eigenvalue weighted by Gasteiger charge is -2.42. The Hall–Kier alpha value is -1.92. The first-order valence-corrected chi connectivity index (χ1v) is 12.3. The predicted molar refractivity (Wildman–Crippen MR) is 128 cm³/mol. The van der Waals surface area contributed by atoms with E-state index in [1.165, 1.54) is 29.5 Å². The summed E-state index contributed by atoms with van der Waals surface area (Å²) in [6.07, 6.45) is 4.09. The molecular weight excluding hydrogens is 406 g/mol. The van der Waals surface area contributed by atoms with E-state index in [2.05, 4.69) is 61.5 Å². The second-order valence-electron chi connectivity index (χ2n) is 10.3. The van der Waals surface area contributed by atoms with Crippen molar-refractivity contribution in [1.82, 2.24) is 10.3 Å². The quantitative estimate of drug-likeness (QED) is 0.718. The Balaban J connectivity index is 1.48. The van der Waals surface area contributed by atoms with Crippen molar-refractivity contribution in [2.24, 2.45) is 5.92 Å². The molecule has 5 nitrogen and oxygen atoms in total. The molecule has 2 aliphatic rings. The Morgan fingerprint density at radius 3 is 2.52 bits per heavy atom. The van der Waals surface area contributed by atoms with Gasteiger partial charge in [-0.3, -0.25) is 4.79 Å². The van der Waals surface area contributed by atoms with Crippen LogP contribution in [0, 0.1) is 5.92 Å². The van der Waals surface area contributed by atoms with E-state index in [0.717, 1.165) is 36.8 Å². The molecule has 1 fully saturated rings. The van der Waals surface area contributed by atoms with Gasteiger partial charge in [0.25, 0.3) is 0 Å². The third-order valence-corrected chi connectivity index (χ3v) is 8.09. The number of anilines is 1. The molecule has 1 amide bonds. The lowest BCUT2D eigenvalue weighted by molar-refractivity contribution is -0.125. The molecular formula is C25H35N3O2S. The Labute approximate surface area is 189 Å². The summed E-state index contributed by atoms with van der Waals surface area (Å²) >= 11 is 1.69. The fourth-order valence-corrected chi connectivity index (χ4v) is 5.84. The maximum absolute atomic E-state index is 12.2. The number of nitrogens with one attached hydrogen (secondary N) is 1. The summed E-state index contributed by atoms with van der Waals surface area (Å²) in [4.78, 5) is 19.4. The van der Waals surface area contributed by atoms with Crippen LogP contribution in [0.4, 0.5) is 5.13 Å². The van der Waals surface area contributed by atoms with Gasteiger partial charge in [0.2, 0.25) is 5.91 Å². The number of aromatic nitrogens is 1. The van der Waals surface area contributed by atoms with Crippen LogP contribution >= 0.6 is 11.3 Å². The molecule has 2 aromatic rings. The van der Waals surface area contributed by atoms with E-state index >= 15 is 0 Å². The molecule has 1 aliphatic heterocycles. The summed E-state index contributed by atoms with van der Waals surface area (Å²) in [5.41, 5.74) is 5.60. The zero-order chi connectivity index (χ0) is 22.2. The molecule has 0 unspecified atom stereocenters. The van der Waals surface area contributed by atoms with Gasteiger partial charge in [-0.15, -0.1) is 11.3 Å². The molecule has 0 radical (unpaired) electrons. The number of fused-ring (bicyclic) bond motifs is 1. The van der Waals surface area contributed by atoms with E-state index in [4.69, 9.17) is 10.1 Å². The van der Waals surface area contributed by atoms with Gasteiger partial charge in [0.1, 0.15) is 0 Å². The van der Waals surface area contributed by atoms with Crippen molar-refractivity contribution in [3.05, 3.63) is 34.7 Å². The molecule has 0 spiro atoms. The van der Waals surface area contributed by atoms with E-state index < -0.39 is 0 Å². The first kappa shape index (κ1) is 22.3. The third kappa shape index (κ3) is 4.51. The van der Waals surface area contributed by atoms with E-state index in [0.29, 0.717) is 6.54 Å². The van der Waals surface area contributed by atoms with Crippen LogP contribution in [0.2, 0.25) is 0 Å². The van der Waals surface area contributed by atoms with Crippen molar-refractivity contribution < 1.29 is 9.90 Å². The second kappa shape index (κ2) is 8.55. The summed E-state index contributed by atoms with van der Waals surface area (Å²) in [5, 5.41) is 14.9. The lowest BCUT2D eigenvalue weighted by Crippen LogP contribution is -2.41. The van der Waals surface area contributed by atoms with E-state index in [9.17, 15) is 4.79 Å². The number of hydrogen-bond donors (Lipinski definition) is 2. The molecule has 1 aliphatic carbocycles. The number of thiazole rings is 1. The fraction of sp³-hybridized carbons (Fsp3) is 0.600. The summed E-state index contributed by atoms with van der Waals surface area (Å²) in [5.74, 6) is 0.0987. The zero-order valence-electron chi connectivity index (χ0n) is 19.2. The summed E-state index contributed by atoms with van der Waals surface area (Å²) < 4.78 is 0. The van der Waals surface area contributed by atoms with Crippen LogP contribution in [0.25, 0.3) is 11.3 Å². The lowest BCUT2D eigenvalue weighted by atomic mass is 9.63. The van der Waals surface area contributed by atoms with Gasteiger partial charge >= 0.3 is 0 Å². The van der Waals surface area contributed by atoms with Gasteiger partial charge in [0, 0.05) is 36.5 Å². The highest BCUT2D eigenvalue weighted by Crippen LogP contribution is 2.47. The second-order valence-corrected chi connectivity index (χ2v) is 11.2. The van der Waals surface area contributed by atoms with Crippen molar-refractivity contribution in [1.29, 1.82) is 0 Å². The van der Waals surface area contributed by atoms with Crippen molar-refractivity contribution >= 4 is 22.4 Å². The number of aliphatic hydroxyl groups is 1. The van der Waals surface area contributed by atoms with Crippen molar-refractivity contribution in [2.45, 2.75) is 64.2 Å². The SMILES string of the molecule is CC1(C)CCC(C)(C)c2cc(-c3csc(N4CCC(C(=O)NCCO)CC4)n3)ccc21. The Morgan fingerprint density at radius 2 is 1.84 bits per heavy atom. The first-order valence-electron chi connectivity index (χ1n) is 11.5. The molecule has 1 aromatic heterocycles. The number of benzene rings is 1. The highest BCUT2D eigenvalue weighted by molar-refractivity contribution is 7.14. The number of amides is 1. The molecule has 6 heteroatoms. The van der Waals surface area contributed by atoms with Crippen LogP contribution in [0.5, 0.6) is 0 Å². The van der Waals surface area contributed by atoms with Gasteiger partial charge in [-0.05, 0) is 53.7 Å². The van der Waals surface area contributed by atoms with Crippen LogP contribution in [0.15, 0.2) is 23.6 Å². The van der Waals surface area contributed by atoms with Crippen molar-refractivity contribution in [2.75, 3.05) is 31.1 Å². The highest BCUT2D eigenvalue weighted by Gasteiger charge is 2.37. The van der Waals surface area contributed by atoms with Crippen LogP contribution in [-0.4, -0.2) is 42.2 Å². The first-order chi connectivity index (χ1) is 14.7. The maximum Gasteiger partial charge on any atom is 0.223 e. The number of piperidine rings is 1. The van der Waals surface area contributed by atoms with Gasteiger partial charge in [-0.2, -0.15) is 0 Å². The zero-order valence-corrected chi connectivity index (χ0v) is 20.0. The summed E-state index contributed by atoms with van der Waals surface area (Å²) in [7, 11) is 0. The molecule has 2 heterocycles. The molecule has 0 atom stereocenters. The Bertz CT molecular complexity index is 942. The van der Waals surface area contributed by atoms with Crippen LogP contribution in [0.3, 0.4) is 0 Å². The number of rotatable bonds is 5. The fourth-order valence-electron chi connectivity index (χ4n) is 4.95.